The SMILES string of the molecule is C[C@]1(c2ccc(F)cc2)CN(C(=O)Cc2ccc(C#N)cc2)C[C@H]1c1ccc(C(O)(C(F)(F)F)C(F)(F)F)cc1. The van der Waals surface area contributed by atoms with Gasteiger partial charge in [-0.05, 0) is 41.0 Å². The lowest BCUT2D eigenvalue weighted by molar-refractivity contribution is -0.376. The first kappa shape index (κ1) is 29.1. The van der Waals surface area contributed by atoms with Gasteiger partial charge >= 0.3 is 12.4 Å². The highest BCUT2D eigenvalue weighted by atomic mass is 19.4. The lowest BCUT2D eigenvalue weighted by atomic mass is 9.71. The highest BCUT2D eigenvalue weighted by Gasteiger charge is 2.71. The van der Waals surface area contributed by atoms with Gasteiger partial charge in [-0.1, -0.05) is 55.5 Å². The second kappa shape index (κ2) is 10.2. The summed E-state index contributed by atoms with van der Waals surface area (Å²) in [5.74, 6) is -1.36. The highest BCUT2D eigenvalue weighted by molar-refractivity contribution is 5.79. The first-order valence-electron chi connectivity index (χ1n) is 12.1. The van der Waals surface area contributed by atoms with E-state index in [9.17, 15) is 40.6 Å². The summed E-state index contributed by atoms with van der Waals surface area (Å²) in [6, 6.07) is 17.3. The third-order valence-corrected chi connectivity index (χ3v) is 7.54. The minimum absolute atomic E-state index is 0.00105. The van der Waals surface area contributed by atoms with Crippen LogP contribution in [0, 0.1) is 17.1 Å². The molecule has 0 radical (unpaired) electrons. The van der Waals surface area contributed by atoms with E-state index in [0.717, 1.165) is 12.1 Å². The summed E-state index contributed by atoms with van der Waals surface area (Å²) in [4.78, 5) is 14.8. The number of aliphatic hydroxyl groups is 1. The normalized spacial score (nSPS) is 19.9. The molecule has 1 N–H and O–H groups in total. The van der Waals surface area contributed by atoms with Gasteiger partial charge in [0.05, 0.1) is 18.1 Å². The Balaban J connectivity index is 1.69. The van der Waals surface area contributed by atoms with E-state index in [1.165, 1.54) is 24.3 Å². The number of likely N-dealkylation sites (tertiary alicyclic amines) is 1. The Kier molecular flexibility index (Phi) is 7.45. The van der Waals surface area contributed by atoms with Crippen LogP contribution in [0.5, 0.6) is 0 Å². The Labute approximate surface area is 225 Å². The first-order chi connectivity index (χ1) is 18.6. The molecule has 0 spiro atoms. The van der Waals surface area contributed by atoms with Gasteiger partial charge in [0.1, 0.15) is 5.82 Å². The van der Waals surface area contributed by atoms with Gasteiger partial charge in [-0.25, -0.2) is 4.39 Å². The highest BCUT2D eigenvalue weighted by Crippen LogP contribution is 2.51. The van der Waals surface area contributed by atoms with Crippen molar-refractivity contribution < 1.29 is 40.6 Å². The number of nitriles is 1. The predicted molar refractivity (Wildman–Crippen MR) is 130 cm³/mol. The molecule has 210 valence electrons. The Hall–Kier alpha value is -3.91. The molecule has 1 aliphatic rings. The van der Waals surface area contributed by atoms with Crippen LogP contribution in [-0.2, 0) is 22.2 Å². The van der Waals surface area contributed by atoms with Gasteiger partial charge in [0, 0.05) is 30.0 Å². The number of amides is 1. The van der Waals surface area contributed by atoms with Crippen LogP contribution >= 0.6 is 0 Å². The van der Waals surface area contributed by atoms with E-state index in [1.807, 2.05) is 6.07 Å². The van der Waals surface area contributed by atoms with Crippen molar-refractivity contribution in [1.29, 1.82) is 5.26 Å². The first-order valence-corrected chi connectivity index (χ1v) is 12.1. The number of nitrogens with zero attached hydrogens (tertiary/aromatic N) is 2. The molecule has 0 bridgehead atoms. The van der Waals surface area contributed by atoms with Crippen molar-refractivity contribution in [3.05, 3.63) is 106 Å². The quantitative estimate of drug-likeness (QED) is 0.379. The molecule has 2 atom stereocenters. The topological polar surface area (TPSA) is 64.3 Å². The monoisotopic (exact) mass is 564 g/mol. The average Bonchev–Trinajstić information content (AvgIpc) is 3.26. The molecule has 11 heteroatoms. The lowest BCUT2D eigenvalue weighted by Gasteiger charge is -2.34. The molecular formula is C29H23F7N2O2. The molecule has 0 saturated carbocycles. The summed E-state index contributed by atoms with van der Waals surface area (Å²) in [6.45, 7) is 2.02. The maximum Gasteiger partial charge on any atom is 0.430 e. The number of halogens is 7. The number of hydrogen-bond acceptors (Lipinski definition) is 3. The molecule has 3 aromatic rings. The summed E-state index contributed by atoms with van der Waals surface area (Å²) < 4.78 is 93.9. The number of rotatable bonds is 5. The van der Waals surface area contributed by atoms with E-state index in [-0.39, 0.29) is 25.4 Å². The summed E-state index contributed by atoms with van der Waals surface area (Å²) in [5.41, 5.74) is -5.27. The molecule has 1 heterocycles. The van der Waals surface area contributed by atoms with Gasteiger partial charge in [-0.15, -0.1) is 0 Å². The third kappa shape index (κ3) is 5.16. The summed E-state index contributed by atoms with van der Waals surface area (Å²) in [7, 11) is 0. The van der Waals surface area contributed by atoms with Crippen molar-refractivity contribution in [2.24, 2.45) is 0 Å². The van der Waals surface area contributed by atoms with Crippen LogP contribution in [0.15, 0.2) is 72.8 Å². The Morgan fingerprint density at radius 3 is 2.00 bits per heavy atom. The fourth-order valence-corrected chi connectivity index (χ4v) is 5.21. The summed E-state index contributed by atoms with van der Waals surface area (Å²) in [6.07, 6.45) is -12.0. The molecule has 0 aliphatic carbocycles. The van der Waals surface area contributed by atoms with Crippen molar-refractivity contribution in [3.63, 3.8) is 0 Å². The zero-order chi connectivity index (χ0) is 29.5. The van der Waals surface area contributed by atoms with Gasteiger partial charge in [-0.3, -0.25) is 4.79 Å². The smallest absolute Gasteiger partial charge is 0.369 e. The average molecular weight is 565 g/mol. The lowest BCUT2D eigenvalue weighted by Crippen LogP contribution is -2.53. The number of carbonyl (C=O) groups is 1. The minimum Gasteiger partial charge on any atom is -0.369 e. The molecule has 1 fully saturated rings. The van der Waals surface area contributed by atoms with Crippen LogP contribution < -0.4 is 0 Å². The van der Waals surface area contributed by atoms with Crippen LogP contribution in [0.25, 0.3) is 0 Å². The molecule has 4 rings (SSSR count). The van der Waals surface area contributed by atoms with Crippen LogP contribution in [0.4, 0.5) is 30.7 Å². The molecule has 1 saturated heterocycles. The zero-order valence-electron chi connectivity index (χ0n) is 21.0. The van der Waals surface area contributed by atoms with Crippen molar-refractivity contribution in [3.8, 4) is 6.07 Å². The largest absolute Gasteiger partial charge is 0.430 e. The van der Waals surface area contributed by atoms with Gasteiger partial charge in [-0.2, -0.15) is 31.6 Å². The number of carbonyl (C=O) groups excluding carboxylic acids is 1. The predicted octanol–water partition coefficient (Wildman–Crippen LogP) is 6.14. The van der Waals surface area contributed by atoms with Crippen LogP contribution in [-0.4, -0.2) is 41.4 Å². The van der Waals surface area contributed by atoms with Crippen LogP contribution in [0.3, 0.4) is 0 Å². The van der Waals surface area contributed by atoms with Gasteiger partial charge < -0.3 is 10.0 Å². The van der Waals surface area contributed by atoms with E-state index in [4.69, 9.17) is 5.26 Å². The fourth-order valence-electron chi connectivity index (χ4n) is 5.21. The summed E-state index contributed by atoms with van der Waals surface area (Å²) in [5, 5.41) is 18.7. The molecular weight excluding hydrogens is 541 g/mol. The van der Waals surface area contributed by atoms with E-state index >= 15 is 0 Å². The van der Waals surface area contributed by atoms with Crippen molar-refractivity contribution >= 4 is 5.91 Å². The molecule has 0 unspecified atom stereocenters. The van der Waals surface area contributed by atoms with Crippen molar-refractivity contribution in [1.82, 2.24) is 4.90 Å². The Morgan fingerprint density at radius 1 is 0.950 bits per heavy atom. The fraction of sp³-hybridized carbons (Fsp3) is 0.310. The number of hydrogen-bond donors (Lipinski definition) is 1. The molecule has 4 nitrogen and oxygen atoms in total. The maximum atomic E-state index is 13.7. The molecule has 3 aromatic carbocycles. The second-order valence-electron chi connectivity index (χ2n) is 10.1. The molecule has 40 heavy (non-hydrogen) atoms. The van der Waals surface area contributed by atoms with E-state index in [1.54, 1.807) is 36.1 Å². The molecule has 0 aromatic heterocycles. The molecule has 1 aliphatic heterocycles. The second-order valence-corrected chi connectivity index (χ2v) is 10.1. The zero-order valence-corrected chi connectivity index (χ0v) is 21.0. The van der Waals surface area contributed by atoms with Crippen molar-refractivity contribution in [2.45, 2.75) is 42.6 Å². The minimum atomic E-state index is -6.02. The Bertz CT molecular complexity index is 1400. The Morgan fingerprint density at radius 2 is 1.50 bits per heavy atom. The van der Waals surface area contributed by atoms with Gasteiger partial charge in [0.25, 0.3) is 5.60 Å². The van der Waals surface area contributed by atoms with E-state index < -0.39 is 40.7 Å². The standard InChI is InChI=1S/C29H23F7N2O2/c1-26(21-10-12-23(30)13-11-21)17-38(25(39)14-18-2-4-19(15-37)5-3-18)16-24(26)20-6-8-22(9-7-20)27(40,28(31,32)33)29(34,35)36/h2-13,24,40H,14,16-17H2,1H3/t24-,26+/m0/s1. The molecule has 1 amide bonds. The van der Waals surface area contributed by atoms with Crippen LogP contribution in [0.2, 0.25) is 0 Å². The number of alkyl halides is 6. The summed E-state index contributed by atoms with van der Waals surface area (Å²) >= 11 is 0. The van der Waals surface area contributed by atoms with Crippen LogP contribution in [0.1, 0.15) is 40.7 Å². The van der Waals surface area contributed by atoms with Gasteiger partial charge in [0.2, 0.25) is 5.91 Å². The van der Waals surface area contributed by atoms with E-state index in [0.29, 0.717) is 34.4 Å². The van der Waals surface area contributed by atoms with Crippen molar-refractivity contribution in [2.75, 3.05) is 13.1 Å². The van der Waals surface area contributed by atoms with E-state index in [2.05, 4.69) is 0 Å². The number of benzene rings is 3. The van der Waals surface area contributed by atoms with Gasteiger partial charge in [0.15, 0.2) is 0 Å². The maximum absolute atomic E-state index is 13.7. The third-order valence-electron chi connectivity index (χ3n) is 7.54.